The van der Waals surface area contributed by atoms with Crippen LogP contribution in [0, 0.1) is 5.92 Å². The molecule has 1 heterocycles. The number of para-hydroxylation sites is 2. The number of hydrogen-bond donors (Lipinski definition) is 1. The first-order valence-electron chi connectivity index (χ1n) is 11.8. The van der Waals surface area contributed by atoms with Crippen LogP contribution in [-0.2, 0) is 16.1 Å². The van der Waals surface area contributed by atoms with Crippen molar-refractivity contribution < 1.29 is 9.59 Å². The Hall–Kier alpha value is -2.37. The van der Waals surface area contributed by atoms with E-state index in [4.69, 9.17) is 4.98 Å². The van der Waals surface area contributed by atoms with Gasteiger partial charge in [0, 0.05) is 18.0 Å². The highest BCUT2D eigenvalue weighted by Gasteiger charge is 2.27. The molecule has 0 spiro atoms. The molecule has 1 aromatic heterocycles. The molecule has 0 saturated heterocycles. The number of aromatic nitrogens is 2. The number of nitrogens with zero attached hydrogens (tertiary/aromatic N) is 3. The molecule has 0 saturated carbocycles. The van der Waals surface area contributed by atoms with E-state index in [1.54, 1.807) is 0 Å². The van der Waals surface area contributed by atoms with E-state index in [1.165, 1.54) is 0 Å². The molecule has 172 valence electrons. The molecule has 1 N–H and O–H groups in total. The first-order valence-corrected chi connectivity index (χ1v) is 11.8. The third-order valence-electron chi connectivity index (χ3n) is 6.50. The zero-order valence-corrected chi connectivity index (χ0v) is 20.3. The fourth-order valence-electron chi connectivity index (χ4n) is 4.18. The van der Waals surface area contributed by atoms with E-state index in [2.05, 4.69) is 33.0 Å². The van der Waals surface area contributed by atoms with E-state index >= 15 is 0 Å². The number of fused-ring (bicyclic) bond motifs is 1. The first-order chi connectivity index (χ1) is 14.8. The van der Waals surface area contributed by atoms with Crippen LogP contribution in [0.5, 0.6) is 0 Å². The van der Waals surface area contributed by atoms with Crippen LogP contribution in [0.4, 0.5) is 0 Å². The summed E-state index contributed by atoms with van der Waals surface area (Å²) in [6.45, 7) is 14.7. The molecular weight excluding hydrogens is 388 g/mol. The molecule has 1 aromatic carbocycles. The van der Waals surface area contributed by atoms with Gasteiger partial charge in [-0.3, -0.25) is 9.59 Å². The molecule has 3 atom stereocenters. The lowest BCUT2D eigenvalue weighted by atomic mass is 10.0. The zero-order chi connectivity index (χ0) is 23.1. The van der Waals surface area contributed by atoms with Gasteiger partial charge < -0.3 is 14.8 Å². The highest BCUT2D eigenvalue weighted by molar-refractivity contribution is 5.82. The number of hydrogen-bond acceptors (Lipinski definition) is 3. The number of benzene rings is 1. The van der Waals surface area contributed by atoms with Crippen molar-refractivity contribution in [3.05, 3.63) is 30.1 Å². The molecule has 6 heteroatoms. The van der Waals surface area contributed by atoms with Crippen molar-refractivity contribution in [1.29, 1.82) is 0 Å². The maximum absolute atomic E-state index is 13.4. The van der Waals surface area contributed by atoms with Crippen molar-refractivity contribution in [1.82, 2.24) is 19.8 Å². The summed E-state index contributed by atoms with van der Waals surface area (Å²) >= 11 is 0. The second kappa shape index (κ2) is 11.3. The third kappa shape index (κ3) is 5.66. The van der Waals surface area contributed by atoms with Gasteiger partial charge in [0.05, 0.1) is 17.1 Å². The number of imidazole rings is 1. The Balaban J connectivity index is 2.40. The minimum absolute atomic E-state index is 0.00629. The van der Waals surface area contributed by atoms with Gasteiger partial charge in [0.15, 0.2) is 0 Å². The van der Waals surface area contributed by atoms with Gasteiger partial charge in [-0.25, -0.2) is 4.98 Å². The van der Waals surface area contributed by atoms with E-state index in [0.29, 0.717) is 0 Å². The van der Waals surface area contributed by atoms with Crippen molar-refractivity contribution in [2.75, 3.05) is 0 Å². The van der Waals surface area contributed by atoms with Crippen molar-refractivity contribution in [2.24, 2.45) is 5.92 Å². The Morgan fingerprint density at radius 3 is 2.10 bits per heavy atom. The average Bonchev–Trinajstić information content (AvgIpc) is 3.12. The largest absolute Gasteiger partial charge is 0.346 e. The Morgan fingerprint density at radius 2 is 1.55 bits per heavy atom. The molecule has 3 unspecified atom stereocenters. The molecule has 2 aromatic rings. The van der Waals surface area contributed by atoms with Crippen LogP contribution >= 0.6 is 0 Å². The second-order valence-electron chi connectivity index (χ2n) is 8.60. The van der Waals surface area contributed by atoms with E-state index in [-0.39, 0.29) is 42.4 Å². The normalized spacial score (nSPS) is 14.5. The highest BCUT2D eigenvalue weighted by atomic mass is 16.2. The van der Waals surface area contributed by atoms with Gasteiger partial charge in [-0.05, 0) is 58.6 Å². The van der Waals surface area contributed by atoms with E-state index < -0.39 is 0 Å². The highest BCUT2D eigenvalue weighted by Crippen LogP contribution is 2.23. The average molecular weight is 429 g/mol. The lowest BCUT2D eigenvalue weighted by molar-refractivity contribution is -0.136. The SMILES string of the molecule is CCC(CC)C(=O)NC(C)c1nc2ccccc2n1CC(=O)N(C(C)CC)C(C)CC. The smallest absolute Gasteiger partial charge is 0.243 e. The molecule has 6 nitrogen and oxygen atoms in total. The van der Waals surface area contributed by atoms with Gasteiger partial charge in [-0.2, -0.15) is 0 Å². The predicted molar refractivity (Wildman–Crippen MR) is 127 cm³/mol. The Labute approximate surface area is 187 Å². The second-order valence-corrected chi connectivity index (χ2v) is 8.60. The van der Waals surface area contributed by atoms with Gasteiger partial charge in [-0.15, -0.1) is 0 Å². The standard InChI is InChI=1S/C25H40N4O2/c1-8-17(5)29(18(6)9-2)23(30)16-28-22-15-13-12-14-21(22)27-24(28)19(7)26-25(31)20(10-3)11-4/h12-15,17-20H,8-11,16H2,1-7H3,(H,26,31). The fourth-order valence-corrected chi connectivity index (χ4v) is 4.18. The van der Waals surface area contributed by atoms with Crippen LogP contribution in [0.2, 0.25) is 0 Å². The van der Waals surface area contributed by atoms with Crippen molar-refractivity contribution in [3.8, 4) is 0 Å². The number of nitrogens with one attached hydrogen (secondary N) is 1. The van der Waals surface area contributed by atoms with Crippen molar-refractivity contribution in [2.45, 2.75) is 98.8 Å². The summed E-state index contributed by atoms with van der Waals surface area (Å²) in [6, 6.07) is 7.92. The fraction of sp³-hybridized carbons (Fsp3) is 0.640. The number of amides is 2. The molecule has 0 aliphatic carbocycles. The predicted octanol–water partition coefficient (Wildman–Crippen LogP) is 5.08. The summed E-state index contributed by atoms with van der Waals surface area (Å²) in [7, 11) is 0. The van der Waals surface area contributed by atoms with E-state index in [0.717, 1.165) is 42.5 Å². The summed E-state index contributed by atoms with van der Waals surface area (Å²) < 4.78 is 1.98. The van der Waals surface area contributed by atoms with Gasteiger partial charge in [-0.1, -0.05) is 39.8 Å². The molecule has 2 rings (SSSR count). The Morgan fingerprint density at radius 1 is 0.968 bits per heavy atom. The summed E-state index contributed by atoms with van der Waals surface area (Å²) in [5.74, 6) is 0.852. The minimum atomic E-state index is -0.283. The molecular formula is C25H40N4O2. The van der Waals surface area contributed by atoms with Crippen LogP contribution in [0.25, 0.3) is 11.0 Å². The van der Waals surface area contributed by atoms with E-state index in [9.17, 15) is 9.59 Å². The van der Waals surface area contributed by atoms with Crippen molar-refractivity contribution in [3.63, 3.8) is 0 Å². The first kappa shape index (κ1) is 24.9. The Kier molecular flexibility index (Phi) is 9.08. The van der Waals surface area contributed by atoms with Crippen LogP contribution in [0.15, 0.2) is 24.3 Å². The molecule has 31 heavy (non-hydrogen) atoms. The van der Waals surface area contributed by atoms with Crippen molar-refractivity contribution >= 4 is 22.8 Å². The quantitative estimate of drug-likeness (QED) is 0.543. The Bertz CT molecular complexity index is 862. The van der Waals surface area contributed by atoms with Gasteiger partial charge >= 0.3 is 0 Å². The van der Waals surface area contributed by atoms with E-state index in [1.807, 2.05) is 54.5 Å². The lowest BCUT2D eigenvalue weighted by Crippen LogP contribution is -2.46. The van der Waals surface area contributed by atoms with Crippen LogP contribution in [0.1, 0.15) is 86.0 Å². The number of rotatable bonds is 11. The van der Waals surface area contributed by atoms with Gasteiger partial charge in [0.2, 0.25) is 11.8 Å². The zero-order valence-electron chi connectivity index (χ0n) is 20.3. The topological polar surface area (TPSA) is 67.2 Å². The molecule has 0 bridgehead atoms. The number of carbonyl (C=O) groups is 2. The summed E-state index contributed by atoms with van der Waals surface area (Å²) in [4.78, 5) is 32.9. The summed E-state index contributed by atoms with van der Waals surface area (Å²) in [6.07, 6.45) is 3.44. The van der Waals surface area contributed by atoms with Crippen LogP contribution < -0.4 is 5.32 Å². The molecule has 0 fully saturated rings. The maximum Gasteiger partial charge on any atom is 0.243 e. The number of carbonyl (C=O) groups excluding carboxylic acids is 2. The monoisotopic (exact) mass is 428 g/mol. The minimum Gasteiger partial charge on any atom is -0.346 e. The van der Waals surface area contributed by atoms with Gasteiger partial charge in [0.25, 0.3) is 0 Å². The molecule has 0 aliphatic rings. The van der Waals surface area contributed by atoms with Crippen LogP contribution in [-0.4, -0.2) is 38.3 Å². The third-order valence-corrected chi connectivity index (χ3v) is 6.50. The summed E-state index contributed by atoms with van der Waals surface area (Å²) in [5, 5.41) is 3.12. The maximum atomic E-state index is 13.4. The lowest BCUT2D eigenvalue weighted by Gasteiger charge is -2.34. The molecule has 0 aliphatic heterocycles. The van der Waals surface area contributed by atoms with Crippen LogP contribution in [0.3, 0.4) is 0 Å². The van der Waals surface area contributed by atoms with Gasteiger partial charge in [0.1, 0.15) is 12.4 Å². The molecule has 2 amide bonds. The molecule has 0 radical (unpaired) electrons. The summed E-state index contributed by atoms with van der Waals surface area (Å²) in [5.41, 5.74) is 1.76.